The van der Waals surface area contributed by atoms with Crippen molar-refractivity contribution in [2.75, 3.05) is 29.9 Å². The van der Waals surface area contributed by atoms with Gasteiger partial charge in [-0.25, -0.2) is 18.7 Å². The predicted octanol–water partition coefficient (Wildman–Crippen LogP) is 4.53. The second kappa shape index (κ2) is 8.73. The van der Waals surface area contributed by atoms with Gasteiger partial charge in [0.25, 0.3) is 5.92 Å². The number of carbonyl (C=O) groups excluding carboxylic acids is 1. The van der Waals surface area contributed by atoms with Gasteiger partial charge in [-0.2, -0.15) is 0 Å². The largest absolute Gasteiger partial charge is 0.354 e. The van der Waals surface area contributed by atoms with Gasteiger partial charge in [-0.15, -0.1) is 0 Å². The molecule has 1 saturated heterocycles. The van der Waals surface area contributed by atoms with Crippen LogP contribution in [0.5, 0.6) is 0 Å². The van der Waals surface area contributed by atoms with Crippen molar-refractivity contribution >= 4 is 17.5 Å². The minimum atomic E-state index is -3.00. The van der Waals surface area contributed by atoms with Crippen molar-refractivity contribution in [2.24, 2.45) is 5.92 Å². The number of hydrogen-bond donors (Lipinski definition) is 2. The number of hydrogen-bond acceptors (Lipinski definition) is 5. The molecule has 0 aromatic carbocycles. The molecule has 2 N–H and O–H groups in total. The number of rotatable bonds is 6. The van der Waals surface area contributed by atoms with Crippen LogP contribution >= 0.6 is 0 Å². The maximum absolute atomic E-state index is 14.5. The van der Waals surface area contributed by atoms with Crippen LogP contribution in [0.1, 0.15) is 57.6 Å². The number of piperazine rings is 1. The molecule has 0 bridgehead atoms. The molecule has 1 atom stereocenters. The van der Waals surface area contributed by atoms with Gasteiger partial charge in [0.2, 0.25) is 5.91 Å². The Morgan fingerprint density at radius 2 is 2.06 bits per heavy atom. The first-order valence-corrected chi connectivity index (χ1v) is 11.3. The van der Waals surface area contributed by atoms with Gasteiger partial charge in [0.05, 0.1) is 5.69 Å². The zero-order valence-corrected chi connectivity index (χ0v) is 19.1. The molecule has 2 aromatic rings. The van der Waals surface area contributed by atoms with Crippen molar-refractivity contribution in [3.05, 3.63) is 35.5 Å². The van der Waals surface area contributed by atoms with Gasteiger partial charge >= 0.3 is 0 Å². The zero-order chi connectivity index (χ0) is 23.0. The fourth-order valence-electron chi connectivity index (χ4n) is 4.15. The molecule has 1 aliphatic heterocycles. The number of nitrogens with one attached hydrogen (secondary N) is 2. The topological polar surface area (TPSA) is 70.2 Å². The summed E-state index contributed by atoms with van der Waals surface area (Å²) in [6, 6.07) is 5.00. The molecule has 2 aromatic heterocycles. The standard InChI is InChI=1S/C24H31F2N5O/c1-14(2)21-18(7-8-28-22(21)30-23(32)16-5-6-16)19-11-17(24(4,25)26)12-20(29-19)31-10-9-27-15(3)13-31/h7-8,11-12,14-16,27H,5-6,9-10,13H2,1-4H3,(H,28,30,32). The van der Waals surface area contributed by atoms with Crippen molar-refractivity contribution in [3.63, 3.8) is 0 Å². The van der Waals surface area contributed by atoms with Crippen LogP contribution in [0.2, 0.25) is 0 Å². The number of halogens is 2. The van der Waals surface area contributed by atoms with E-state index in [0.29, 0.717) is 30.4 Å². The summed E-state index contributed by atoms with van der Waals surface area (Å²) >= 11 is 0. The molecule has 2 fully saturated rings. The fourth-order valence-corrected chi connectivity index (χ4v) is 4.15. The van der Waals surface area contributed by atoms with E-state index in [1.165, 1.54) is 12.1 Å². The monoisotopic (exact) mass is 443 g/mol. The smallest absolute Gasteiger partial charge is 0.270 e. The van der Waals surface area contributed by atoms with Crippen molar-refractivity contribution in [2.45, 2.75) is 58.4 Å². The van der Waals surface area contributed by atoms with E-state index in [-0.39, 0.29) is 29.3 Å². The molecule has 32 heavy (non-hydrogen) atoms. The third kappa shape index (κ3) is 4.90. The van der Waals surface area contributed by atoms with Crippen LogP contribution in [-0.4, -0.2) is 41.6 Å². The quantitative estimate of drug-likeness (QED) is 0.687. The maximum Gasteiger partial charge on any atom is 0.270 e. The average Bonchev–Trinajstić information content (AvgIpc) is 3.58. The Balaban J connectivity index is 1.81. The second-order valence-corrected chi connectivity index (χ2v) is 9.33. The summed E-state index contributed by atoms with van der Waals surface area (Å²) in [6.07, 6.45) is 3.39. The summed E-state index contributed by atoms with van der Waals surface area (Å²) in [5, 5.41) is 6.32. The van der Waals surface area contributed by atoms with E-state index in [2.05, 4.69) is 22.5 Å². The summed E-state index contributed by atoms with van der Waals surface area (Å²) in [5.41, 5.74) is 1.93. The molecule has 1 amide bonds. The lowest BCUT2D eigenvalue weighted by atomic mass is 9.94. The lowest BCUT2D eigenvalue weighted by Crippen LogP contribution is -2.49. The van der Waals surface area contributed by atoms with Gasteiger partial charge in [0.15, 0.2) is 0 Å². The van der Waals surface area contributed by atoms with E-state index in [4.69, 9.17) is 4.98 Å². The molecule has 0 radical (unpaired) electrons. The summed E-state index contributed by atoms with van der Waals surface area (Å²) in [4.78, 5) is 23.7. The van der Waals surface area contributed by atoms with Gasteiger partial charge in [-0.3, -0.25) is 4.79 Å². The molecule has 0 spiro atoms. The van der Waals surface area contributed by atoms with Crippen LogP contribution in [-0.2, 0) is 10.7 Å². The molecular formula is C24H31F2N5O. The Hall–Kier alpha value is -2.61. The van der Waals surface area contributed by atoms with Crippen LogP contribution in [0.15, 0.2) is 24.4 Å². The molecule has 2 aliphatic rings. The molecule has 4 rings (SSSR count). The van der Waals surface area contributed by atoms with Crippen molar-refractivity contribution in [1.29, 1.82) is 0 Å². The van der Waals surface area contributed by atoms with Gasteiger partial charge in [0, 0.05) is 61.4 Å². The van der Waals surface area contributed by atoms with Crippen LogP contribution < -0.4 is 15.5 Å². The highest BCUT2D eigenvalue weighted by Gasteiger charge is 2.32. The third-order valence-electron chi connectivity index (χ3n) is 6.04. The average molecular weight is 444 g/mol. The van der Waals surface area contributed by atoms with E-state index in [9.17, 15) is 13.6 Å². The number of aromatic nitrogens is 2. The molecule has 172 valence electrons. The number of anilines is 2. The number of nitrogens with zero attached hydrogens (tertiary/aromatic N) is 3. The maximum atomic E-state index is 14.5. The highest BCUT2D eigenvalue weighted by Crippen LogP contribution is 2.38. The summed E-state index contributed by atoms with van der Waals surface area (Å²) in [7, 11) is 0. The molecule has 1 saturated carbocycles. The predicted molar refractivity (Wildman–Crippen MR) is 122 cm³/mol. The zero-order valence-electron chi connectivity index (χ0n) is 19.1. The molecule has 1 unspecified atom stereocenters. The second-order valence-electron chi connectivity index (χ2n) is 9.33. The van der Waals surface area contributed by atoms with E-state index in [0.717, 1.165) is 37.4 Å². The highest BCUT2D eigenvalue weighted by molar-refractivity contribution is 5.94. The van der Waals surface area contributed by atoms with Crippen LogP contribution in [0, 0.1) is 5.92 Å². The Labute approximate surface area is 187 Å². The van der Waals surface area contributed by atoms with Gasteiger partial charge in [-0.05, 0) is 43.9 Å². The van der Waals surface area contributed by atoms with E-state index < -0.39 is 5.92 Å². The number of pyridine rings is 2. The van der Waals surface area contributed by atoms with Gasteiger partial charge in [-0.1, -0.05) is 13.8 Å². The SMILES string of the molecule is CC1CN(c2cc(C(C)(F)F)cc(-c3ccnc(NC(=O)C4CC4)c3C(C)C)n2)CCN1. The van der Waals surface area contributed by atoms with Crippen LogP contribution in [0.25, 0.3) is 11.3 Å². The first-order chi connectivity index (χ1) is 15.1. The summed E-state index contributed by atoms with van der Waals surface area (Å²) in [6.45, 7) is 9.16. The Kier molecular flexibility index (Phi) is 6.16. The molecule has 3 heterocycles. The minimum absolute atomic E-state index is 0.0171. The number of amides is 1. The first kappa shape index (κ1) is 22.6. The lowest BCUT2D eigenvalue weighted by molar-refractivity contribution is -0.117. The molecule has 6 nitrogen and oxygen atoms in total. The highest BCUT2D eigenvalue weighted by atomic mass is 19.3. The lowest BCUT2D eigenvalue weighted by Gasteiger charge is -2.33. The molecule has 1 aliphatic carbocycles. The van der Waals surface area contributed by atoms with E-state index in [1.54, 1.807) is 12.3 Å². The van der Waals surface area contributed by atoms with Crippen LogP contribution in [0.3, 0.4) is 0 Å². The van der Waals surface area contributed by atoms with Gasteiger partial charge in [0.1, 0.15) is 11.6 Å². The Morgan fingerprint density at radius 1 is 1.31 bits per heavy atom. The normalized spacial score (nSPS) is 19.3. The molecular weight excluding hydrogens is 412 g/mol. The number of carbonyl (C=O) groups is 1. The fraction of sp³-hybridized carbons (Fsp3) is 0.542. The molecule has 8 heteroatoms. The minimum Gasteiger partial charge on any atom is -0.354 e. The van der Waals surface area contributed by atoms with Gasteiger partial charge < -0.3 is 15.5 Å². The Morgan fingerprint density at radius 3 is 2.69 bits per heavy atom. The summed E-state index contributed by atoms with van der Waals surface area (Å²) in [5.74, 6) is -1.94. The third-order valence-corrected chi connectivity index (χ3v) is 6.04. The first-order valence-electron chi connectivity index (χ1n) is 11.3. The van der Waals surface area contributed by atoms with Crippen molar-refractivity contribution in [3.8, 4) is 11.3 Å². The van der Waals surface area contributed by atoms with E-state index in [1.807, 2.05) is 18.7 Å². The van der Waals surface area contributed by atoms with Crippen molar-refractivity contribution in [1.82, 2.24) is 15.3 Å². The Bertz CT molecular complexity index is 1000. The van der Waals surface area contributed by atoms with Crippen molar-refractivity contribution < 1.29 is 13.6 Å². The van der Waals surface area contributed by atoms with Crippen LogP contribution in [0.4, 0.5) is 20.4 Å². The summed E-state index contributed by atoms with van der Waals surface area (Å²) < 4.78 is 28.9. The van der Waals surface area contributed by atoms with E-state index >= 15 is 0 Å². The number of alkyl halides is 2.